The Morgan fingerprint density at radius 1 is 1.25 bits per heavy atom. The third-order valence-electron chi connectivity index (χ3n) is 5.26. The number of amides is 1. The Balaban J connectivity index is 1.37. The Bertz CT molecular complexity index is 496. The summed E-state index contributed by atoms with van der Waals surface area (Å²) in [4.78, 5) is 12.2. The largest absolute Gasteiger partial charge is 0.323 e. The van der Waals surface area contributed by atoms with E-state index in [1.165, 1.54) is 19.3 Å². The molecular formula is C15H22N4O. The maximum Gasteiger partial charge on any atom is 0.228 e. The van der Waals surface area contributed by atoms with Gasteiger partial charge in [0.05, 0.1) is 17.9 Å². The average Bonchev–Trinajstić information content (AvgIpc) is 2.85. The van der Waals surface area contributed by atoms with Crippen LogP contribution >= 0.6 is 0 Å². The van der Waals surface area contributed by atoms with Gasteiger partial charge in [-0.05, 0) is 50.6 Å². The van der Waals surface area contributed by atoms with E-state index in [0.29, 0.717) is 17.9 Å². The minimum Gasteiger partial charge on any atom is -0.323 e. The first-order valence-corrected chi connectivity index (χ1v) is 7.88. The van der Waals surface area contributed by atoms with Crippen molar-refractivity contribution in [1.29, 1.82) is 0 Å². The Kier molecular flexibility index (Phi) is 3.02. The number of carbonyl (C=O) groups is 1. The molecule has 3 fully saturated rings. The third-order valence-corrected chi connectivity index (χ3v) is 5.26. The molecule has 0 radical (unpaired) electrons. The summed E-state index contributed by atoms with van der Waals surface area (Å²) in [6, 6.07) is 0.474. The first kappa shape index (κ1) is 12.4. The van der Waals surface area contributed by atoms with Gasteiger partial charge < -0.3 is 10.6 Å². The number of nitrogens with zero attached hydrogens (tertiary/aromatic N) is 2. The van der Waals surface area contributed by atoms with Crippen molar-refractivity contribution in [2.24, 2.45) is 17.8 Å². The Morgan fingerprint density at radius 3 is 2.75 bits per heavy atom. The molecule has 1 aliphatic heterocycles. The van der Waals surface area contributed by atoms with Gasteiger partial charge in [-0.25, -0.2) is 0 Å². The molecule has 1 aromatic heterocycles. The maximum absolute atomic E-state index is 12.2. The predicted octanol–water partition coefficient (Wildman–Crippen LogP) is 1.79. The van der Waals surface area contributed by atoms with Gasteiger partial charge in [0.2, 0.25) is 5.91 Å². The Labute approximate surface area is 119 Å². The molecule has 0 spiro atoms. The van der Waals surface area contributed by atoms with E-state index < -0.39 is 0 Å². The normalized spacial score (nSPS) is 32.9. The lowest BCUT2D eigenvalue weighted by molar-refractivity contribution is -0.118. The van der Waals surface area contributed by atoms with Crippen molar-refractivity contribution in [2.45, 2.75) is 38.1 Å². The zero-order chi connectivity index (χ0) is 13.5. The molecule has 0 aromatic carbocycles. The highest BCUT2D eigenvalue weighted by molar-refractivity contribution is 5.94. The van der Waals surface area contributed by atoms with E-state index in [1.54, 1.807) is 6.20 Å². The molecule has 5 heteroatoms. The minimum atomic E-state index is 0.213. The summed E-state index contributed by atoms with van der Waals surface area (Å²) in [6.45, 7) is 2.11. The van der Waals surface area contributed by atoms with Crippen molar-refractivity contribution in [1.82, 2.24) is 15.1 Å². The van der Waals surface area contributed by atoms with Crippen molar-refractivity contribution in [3.05, 3.63) is 12.4 Å². The van der Waals surface area contributed by atoms with Crippen LogP contribution < -0.4 is 10.6 Å². The quantitative estimate of drug-likeness (QED) is 0.883. The van der Waals surface area contributed by atoms with Crippen molar-refractivity contribution < 1.29 is 4.79 Å². The van der Waals surface area contributed by atoms with Gasteiger partial charge in [-0.3, -0.25) is 9.48 Å². The lowest BCUT2D eigenvalue weighted by Gasteiger charge is -2.22. The van der Waals surface area contributed by atoms with Crippen LogP contribution in [-0.4, -0.2) is 28.8 Å². The van der Waals surface area contributed by atoms with Gasteiger partial charge in [-0.1, -0.05) is 6.42 Å². The van der Waals surface area contributed by atoms with Crippen molar-refractivity contribution in [3.63, 3.8) is 0 Å². The van der Waals surface area contributed by atoms with Crippen molar-refractivity contribution in [2.75, 3.05) is 18.4 Å². The number of anilines is 1. The topological polar surface area (TPSA) is 59.0 Å². The molecule has 2 N–H and O–H groups in total. The zero-order valence-electron chi connectivity index (χ0n) is 11.7. The summed E-state index contributed by atoms with van der Waals surface area (Å²) >= 11 is 0. The number of carbonyl (C=O) groups excluding carboxylic acids is 1. The van der Waals surface area contributed by atoms with Crippen LogP contribution in [0.2, 0.25) is 0 Å². The average molecular weight is 274 g/mol. The number of hydrogen-bond donors (Lipinski definition) is 2. The fraction of sp³-hybridized carbons (Fsp3) is 0.733. The van der Waals surface area contributed by atoms with E-state index in [1.807, 2.05) is 10.9 Å². The lowest BCUT2D eigenvalue weighted by atomic mass is 10.1. The highest BCUT2D eigenvalue weighted by Gasteiger charge is 2.56. The van der Waals surface area contributed by atoms with Crippen LogP contribution in [0.25, 0.3) is 0 Å². The number of rotatable bonds is 3. The summed E-state index contributed by atoms with van der Waals surface area (Å²) in [5, 5.41) is 10.8. The van der Waals surface area contributed by atoms with E-state index in [0.717, 1.165) is 31.6 Å². The van der Waals surface area contributed by atoms with E-state index in [9.17, 15) is 4.79 Å². The summed E-state index contributed by atoms with van der Waals surface area (Å²) in [6.07, 6.45) is 9.81. The van der Waals surface area contributed by atoms with Crippen LogP contribution in [0.5, 0.6) is 0 Å². The molecule has 1 aromatic rings. The van der Waals surface area contributed by atoms with Crippen LogP contribution in [0, 0.1) is 17.8 Å². The molecule has 4 rings (SSSR count). The van der Waals surface area contributed by atoms with Crippen LogP contribution in [0.15, 0.2) is 12.4 Å². The minimum absolute atomic E-state index is 0.213. The molecule has 2 unspecified atom stereocenters. The zero-order valence-corrected chi connectivity index (χ0v) is 11.7. The van der Waals surface area contributed by atoms with E-state index >= 15 is 0 Å². The first-order chi connectivity index (χ1) is 9.83. The SMILES string of the molecule is O=C(Nc1cnn(C2CCNCC2)c1)C1C2CCCC21. The molecule has 2 heterocycles. The highest BCUT2D eigenvalue weighted by atomic mass is 16.2. The molecule has 2 aliphatic carbocycles. The molecule has 0 bridgehead atoms. The number of aromatic nitrogens is 2. The molecule has 3 aliphatic rings. The summed E-state index contributed by atoms with van der Waals surface area (Å²) in [5.41, 5.74) is 0.860. The second-order valence-electron chi connectivity index (χ2n) is 6.46. The maximum atomic E-state index is 12.2. The van der Waals surface area contributed by atoms with Crippen molar-refractivity contribution in [3.8, 4) is 0 Å². The van der Waals surface area contributed by atoms with E-state index in [4.69, 9.17) is 0 Å². The monoisotopic (exact) mass is 274 g/mol. The van der Waals surface area contributed by atoms with Gasteiger partial charge in [0.1, 0.15) is 0 Å². The Hall–Kier alpha value is -1.36. The number of piperidine rings is 1. The molecule has 1 saturated heterocycles. The van der Waals surface area contributed by atoms with Gasteiger partial charge >= 0.3 is 0 Å². The number of nitrogens with one attached hydrogen (secondary N) is 2. The standard InChI is InChI=1S/C15H22N4O/c20-15(14-12-2-1-3-13(12)14)18-10-8-17-19(9-10)11-4-6-16-7-5-11/h8-9,11-14,16H,1-7H2,(H,18,20). The van der Waals surface area contributed by atoms with Crippen LogP contribution in [0.1, 0.15) is 38.1 Å². The van der Waals surface area contributed by atoms with Crippen LogP contribution in [0.3, 0.4) is 0 Å². The van der Waals surface area contributed by atoms with E-state index in [2.05, 4.69) is 15.7 Å². The van der Waals surface area contributed by atoms with E-state index in [-0.39, 0.29) is 11.8 Å². The van der Waals surface area contributed by atoms with Gasteiger partial charge in [0.15, 0.2) is 0 Å². The van der Waals surface area contributed by atoms with Gasteiger partial charge in [0, 0.05) is 12.1 Å². The molecular weight excluding hydrogens is 252 g/mol. The highest BCUT2D eigenvalue weighted by Crippen LogP contribution is 2.57. The summed E-state index contributed by atoms with van der Waals surface area (Å²) in [7, 11) is 0. The fourth-order valence-electron chi connectivity index (χ4n) is 4.11. The van der Waals surface area contributed by atoms with Gasteiger partial charge in [0.25, 0.3) is 0 Å². The first-order valence-electron chi connectivity index (χ1n) is 7.88. The second kappa shape index (κ2) is 4.88. The smallest absolute Gasteiger partial charge is 0.228 e. The fourth-order valence-corrected chi connectivity index (χ4v) is 4.11. The summed E-state index contributed by atoms with van der Waals surface area (Å²) < 4.78 is 2.02. The molecule has 5 nitrogen and oxygen atoms in total. The number of hydrogen-bond acceptors (Lipinski definition) is 3. The molecule has 108 valence electrons. The predicted molar refractivity (Wildman–Crippen MR) is 76.3 cm³/mol. The van der Waals surface area contributed by atoms with Crippen LogP contribution in [-0.2, 0) is 4.79 Å². The molecule has 1 amide bonds. The molecule has 20 heavy (non-hydrogen) atoms. The third kappa shape index (κ3) is 2.14. The van der Waals surface area contributed by atoms with Crippen molar-refractivity contribution >= 4 is 11.6 Å². The molecule has 2 atom stereocenters. The second-order valence-corrected chi connectivity index (χ2v) is 6.46. The lowest BCUT2D eigenvalue weighted by Crippen LogP contribution is -2.29. The number of fused-ring (bicyclic) bond motifs is 1. The van der Waals surface area contributed by atoms with Gasteiger partial charge in [-0.2, -0.15) is 5.10 Å². The van der Waals surface area contributed by atoms with Crippen LogP contribution in [0.4, 0.5) is 5.69 Å². The summed E-state index contributed by atoms with van der Waals surface area (Å²) in [5.74, 6) is 1.85. The van der Waals surface area contributed by atoms with Gasteiger partial charge in [-0.15, -0.1) is 0 Å². The molecule has 2 saturated carbocycles. The Morgan fingerprint density at radius 2 is 2.00 bits per heavy atom.